The molecule has 3 rings (SSSR count). The SMILES string of the molecule is Cc1ccccc1COc1ccc(CNCCCN2CCCC2=O)cc1. The topological polar surface area (TPSA) is 41.6 Å². The fraction of sp³-hybridized carbons (Fsp3) is 0.409. The maximum Gasteiger partial charge on any atom is 0.222 e. The molecule has 0 unspecified atom stereocenters. The molecule has 1 heterocycles. The highest BCUT2D eigenvalue weighted by atomic mass is 16.5. The molecule has 4 heteroatoms. The van der Waals surface area contributed by atoms with Crippen LogP contribution in [-0.4, -0.2) is 30.4 Å². The van der Waals surface area contributed by atoms with Crippen LogP contribution in [0.15, 0.2) is 48.5 Å². The van der Waals surface area contributed by atoms with E-state index in [1.807, 2.05) is 29.2 Å². The minimum Gasteiger partial charge on any atom is -0.489 e. The van der Waals surface area contributed by atoms with Crippen LogP contribution in [0.25, 0.3) is 0 Å². The summed E-state index contributed by atoms with van der Waals surface area (Å²) in [7, 11) is 0. The van der Waals surface area contributed by atoms with Gasteiger partial charge < -0.3 is 15.0 Å². The van der Waals surface area contributed by atoms with E-state index in [-0.39, 0.29) is 0 Å². The van der Waals surface area contributed by atoms with Crippen LogP contribution in [0, 0.1) is 6.92 Å². The largest absolute Gasteiger partial charge is 0.489 e. The van der Waals surface area contributed by atoms with Crippen LogP contribution in [0.1, 0.15) is 36.0 Å². The number of rotatable bonds is 9. The third-order valence-corrected chi connectivity index (χ3v) is 4.86. The van der Waals surface area contributed by atoms with Crippen LogP contribution >= 0.6 is 0 Å². The molecular formula is C22H28N2O2. The molecule has 0 radical (unpaired) electrons. The molecule has 2 aromatic rings. The maximum atomic E-state index is 11.5. The van der Waals surface area contributed by atoms with E-state index < -0.39 is 0 Å². The van der Waals surface area contributed by atoms with Crippen molar-refractivity contribution in [2.45, 2.75) is 39.3 Å². The molecule has 0 bridgehead atoms. The maximum absolute atomic E-state index is 11.5. The van der Waals surface area contributed by atoms with Gasteiger partial charge in [-0.25, -0.2) is 0 Å². The summed E-state index contributed by atoms with van der Waals surface area (Å²) in [4.78, 5) is 13.5. The highest BCUT2D eigenvalue weighted by molar-refractivity contribution is 5.77. The minimum atomic E-state index is 0.311. The van der Waals surface area contributed by atoms with Gasteiger partial charge in [-0.15, -0.1) is 0 Å². The van der Waals surface area contributed by atoms with Crippen molar-refractivity contribution in [2.24, 2.45) is 0 Å². The molecular weight excluding hydrogens is 324 g/mol. The van der Waals surface area contributed by atoms with Crippen LogP contribution in [0.3, 0.4) is 0 Å². The van der Waals surface area contributed by atoms with Gasteiger partial charge in [-0.1, -0.05) is 36.4 Å². The first-order valence-electron chi connectivity index (χ1n) is 9.47. The van der Waals surface area contributed by atoms with Gasteiger partial charge in [-0.05, 0) is 55.1 Å². The summed E-state index contributed by atoms with van der Waals surface area (Å²) >= 11 is 0. The second kappa shape index (κ2) is 9.39. The first-order valence-corrected chi connectivity index (χ1v) is 9.47. The molecule has 1 saturated heterocycles. The number of hydrogen-bond donors (Lipinski definition) is 1. The zero-order valence-electron chi connectivity index (χ0n) is 15.5. The highest BCUT2D eigenvalue weighted by Crippen LogP contribution is 2.16. The monoisotopic (exact) mass is 352 g/mol. The van der Waals surface area contributed by atoms with Crippen molar-refractivity contribution >= 4 is 5.91 Å². The van der Waals surface area contributed by atoms with E-state index in [1.165, 1.54) is 16.7 Å². The van der Waals surface area contributed by atoms with Crippen LogP contribution in [0.4, 0.5) is 0 Å². The van der Waals surface area contributed by atoms with E-state index in [4.69, 9.17) is 4.74 Å². The zero-order valence-corrected chi connectivity index (χ0v) is 15.5. The van der Waals surface area contributed by atoms with E-state index in [0.717, 1.165) is 51.2 Å². The first kappa shape index (κ1) is 18.5. The van der Waals surface area contributed by atoms with E-state index in [1.54, 1.807) is 0 Å². The molecule has 26 heavy (non-hydrogen) atoms. The van der Waals surface area contributed by atoms with Gasteiger partial charge >= 0.3 is 0 Å². The van der Waals surface area contributed by atoms with Crippen LogP contribution < -0.4 is 10.1 Å². The van der Waals surface area contributed by atoms with Crippen molar-refractivity contribution in [2.75, 3.05) is 19.6 Å². The Balaban J connectivity index is 1.35. The van der Waals surface area contributed by atoms with Crippen molar-refractivity contribution in [1.29, 1.82) is 0 Å². The Kier molecular flexibility index (Phi) is 6.67. The van der Waals surface area contributed by atoms with E-state index in [0.29, 0.717) is 12.5 Å². The number of nitrogens with one attached hydrogen (secondary N) is 1. The Morgan fingerprint density at radius 2 is 1.92 bits per heavy atom. The van der Waals surface area contributed by atoms with Crippen molar-refractivity contribution in [3.05, 3.63) is 65.2 Å². The molecule has 1 N–H and O–H groups in total. The molecule has 138 valence electrons. The first-order chi connectivity index (χ1) is 12.7. The molecule has 0 spiro atoms. The van der Waals surface area contributed by atoms with Gasteiger partial charge in [-0.3, -0.25) is 4.79 Å². The zero-order chi connectivity index (χ0) is 18.2. The van der Waals surface area contributed by atoms with Gasteiger partial charge in [0, 0.05) is 26.1 Å². The number of aryl methyl sites for hydroxylation is 1. The molecule has 0 atom stereocenters. The smallest absolute Gasteiger partial charge is 0.222 e. The lowest BCUT2D eigenvalue weighted by Gasteiger charge is -2.15. The van der Waals surface area contributed by atoms with Gasteiger partial charge in [0.05, 0.1) is 0 Å². The number of amides is 1. The standard InChI is InChI=1S/C22H28N2O2/c1-18-6-2-3-7-20(18)17-26-21-11-9-19(10-12-21)16-23-13-5-15-24-14-4-8-22(24)25/h2-3,6-7,9-12,23H,4-5,8,13-17H2,1H3. The van der Waals surface area contributed by atoms with Gasteiger partial charge in [0.2, 0.25) is 5.91 Å². The Hall–Kier alpha value is -2.33. The van der Waals surface area contributed by atoms with E-state index in [9.17, 15) is 4.79 Å². The molecule has 0 saturated carbocycles. The van der Waals surface area contributed by atoms with Crippen molar-refractivity contribution in [1.82, 2.24) is 10.2 Å². The summed E-state index contributed by atoms with van der Waals surface area (Å²) in [5.41, 5.74) is 3.71. The van der Waals surface area contributed by atoms with Gasteiger partial charge in [0.25, 0.3) is 0 Å². The fourth-order valence-corrected chi connectivity index (χ4v) is 3.20. The van der Waals surface area contributed by atoms with Crippen molar-refractivity contribution in [3.8, 4) is 5.75 Å². The molecule has 1 aliphatic rings. The second-order valence-electron chi connectivity index (χ2n) is 6.87. The summed E-state index contributed by atoms with van der Waals surface area (Å²) in [6.45, 7) is 6.27. The Labute approximate surface area is 156 Å². The van der Waals surface area contributed by atoms with Crippen LogP contribution in [0.2, 0.25) is 0 Å². The molecule has 1 fully saturated rings. The summed E-state index contributed by atoms with van der Waals surface area (Å²) in [6.07, 6.45) is 2.75. The molecule has 1 amide bonds. The number of likely N-dealkylation sites (tertiary alicyclic amines) is 1. The Morgan fingerprint density at radius 1 is 1.12 bits per heavy atom. The van der Waals surface area contributed by atoms with Crippen molar-refractivity contribution < 1.29 is 9.53 Å². The molecule has 2 aromatic carbocycles. The third kappa shape index (κ3) is 5.33. The average molecular weight is 352 g/mol. The van der Waals surface area contributed by atoms with Gasteiger partial charge in [0.1, 0.15) is 12.4 Å². The van der Waals surface area contributed by atoms with Gasteiger partial charge in [-0.2, -0.15) is 0 Å². The summed E-state index contributed by atoms with van der Waals surface area (Å²) < 4.78 is 5.88. The number of nitrogens with zero attached hydrogens (tertiary/aromatic N) is 1. The van der Waals surface area contributed by atoms with Gasteiger partial charge in [0.15, 0.2) is 0 Å². The minimum absolute atomic E-state index is 0.311. The van der Waals surface area contributed by atoms with Crippen LogP contribution in [-0.2, 0) is 17.9 Å². The fourth-order valence-electron chi connectivity index (χ4n) is 3.20. The molecule has 0 aromatic heterocycles. The third-order valence-electron chi connectivity index (χ3n) is 4.86. The molecule has 0 aliphatic carbocycles. The molecule has 4 nitrogen and oxygen atoms in total. The number of ether oxygens (including phenoxy) is 1. The second-order valence-corrected chi connectivity index (χ2v) is 6.87. The van der Waals surface area contributed by atoms with Crippen LogP contribution in [0.5, 0.6) is 5.75 Å². The molecule has 1 aliphatic heterocycles. The number of carbonyl (C=O) groups is 1. The number of carbonyl (C=O) groups excluding carboxylic acids is 1. The predicted molar refractivity (Wildman–Crippen MR) is 104 cm³/mol. The summed E-state index contributed by atoms with van der Waals surface area (Å²) in [5, 5.41) is 3.45. The normalized spacial score (nSPS) is 14.0. The lowest BCUT2D eigenvalue weighted by Crippen LogP contribution is -2.28. The highest BCUT2D eigenvalue weighted by Gasteiger charge is 2.18. The lowest BCUT2D eigenvalue weighted by molar-refractivity contribution is -0.127. The summed E-state index contributed by atoms with van der Waals surface area (Å²) in [6, 6.07) is 16.5. The van der Waals surface area contributed by atoms with E-state index >= 15 is 0 Å². The quantitative estimate of drug-likeness (QED) is 0.700. The van der Waals surface area contributed by atoms with Crippen molar-refractivity contribution in [3.63, 3.8) is 0 Å². The number of benzene rings is 2. The predicted octanol–water partition coefficient (Wildman–Crippen LogP) is 3.68. The number of hydrogen-bond acceptors (Lipinski definition) is 3. The van der Waals surface area contributed by atoms with E-state index in [2.05, 4.69) is 36.5 Å². The lowest BCUT2D eigenvalue weighted by atomic mass is 10.1. The Bertz CT molecular complexity index is 712. The summed E-state index contributed by atoms with van der Waals surface area (Å²) in [5.74, 6) is 1.20. The Morgan fingerprint density at radius 3 is 2.65 bits per heavy atom. The average Bonchev–Trinajstić information content (AvgIpc) is 3.07.